The van der Waals surface area contributed by atoms with Gasteiger partial charge in [-0.15, -0.1) is 0 Å². The first-order valence-corrected chi connectivity index (χ1v) is 6.16. The number of nitrogens with zero attached hydrogens (tertiary/aromatic N) is 1. The number of primary amides is 1. The molecule has 104 valence electrons. The molecule has 0 saturated heterocycles. The van der Waals surface area contributed by atoms with E-state index < -0.39 is 11.4 Å². The van der Waals surface area contributed by atoms with Crippen molar-refractivity contribution < 1.29 is 9.59 Å². The molecule has 0 aromatic carbocycles. The van der Waals surface area contributed by atoms with Gasteiger partial charge in [-0.3, -0.25) is 9.59 Å². The highest BCUT2D eigenvalue weighted by Gasteiger charge is 2.24. The summed E-state index contributed by atoms with van der Waals surface area (Å²) in [5, 5.41) is 5.78. The Bertz CT molecular complexity index is 471. The van der Waals surface area contributed by atoms with Gasteiger partial charge in [0.15, 0.2) is 0 Å². The van der Waals surface area contributed by atoms with Crippen molar-refractivity contribution in [1.29, 1.82) is 0 Å². The third kappa shape index (κ3) is 4.95. The molecule has 0 atom stereocenters. The Labute approximate surface area is 112 Å². The molecule has 6 nitrogen and oxygen atoms in total. The largest absolute Gasteiger partial charge is 0.370 e. The molecule has 1 heterocycles. The number of amides is 2. The van der Waals surface area contributed by atoms with E-state index in [1.807, 2.05) is 6.92 Å². The van der Waals surface area contributed by atoms with E-state index in [9.17, 15) is 9.59 Å². The lowest BCUT2D eigenvalue weighted by Crippen LogP contribution is -2.46. The van der Waals surface area contributed by atoms with Crippen LogP contribution >= 0.6 is 0 Å². The van der Waals surface area contributed by atoms with Crippen molar-refractivity contribution in [1.82, 2.24) is 10.3 Å². The molecule has 0 fully saturated rings. The molecule has 1 rings (SSSR count). The zero-order chi connectivity index (χ0) is 14.5. The molecule has 0 aliphatic rings. The Kier molecular flexibility index (Phi) is 4.86. The maximum Gasteiger partial charge on any atom is 0.270 e. The Morgan fingerprint density at radius 2 is 2.05 bits per heavy atom. The Balaban J connectivity index is 2.77. The van der Waals surface area contributed by atoms with Crippen LogP contribution in [0.1, 0.15) is 37.7 Å². The van der Waals surface area contributed by atoms with Crippen molar-refractivity contribution >= 4 is 17.6 Å². The van der Waals surface area contributed by atoms with Crippen LogP contribution in [-0.4, -0.2) is 28.9 Å². The second-order valence-electron chi connectivity index (χ2n) is 4.92. The number of hydrogen-bond acceptors (Lipinski definition) is 4. The van der Waals surface area contributed by atoms with Gasteiger partial charge in [-0.05, 0) is 32.9 Å². The van der Waals surface area contributed by atoms with E-state index in [-0.39, 0.29) is 12.3 Å². The maximum absolute atomic E-state index is 12.0. The molecular weight excluding hydrogens is 244 g/mol. The Hall–Kier alpha value is -2.11. The number of carbonyl (C=O) groups is 2. The number of nitrogens with two attached hydrogens (primary N) is 1. The minimum absolute atomic E-state index is 0.0750. The molecule has 0 unspecified atom stereocenters. The van der Waals surface area contributed by atoms with Gasteiger partial charge in [-0.1, -0.05) is 6.07 Å². The van der Waals surface area contributed by atoms with Gasteiger partial charge in [0.2, 0.25) is 5.91 Å². The van der Waals surface area contributed by atoms with E-state index in [0.717, 1.165) is 6.54 Å². The van der Waals surface area contributed by atoms with Crippen LogP contribution in [0.2, 0.25) is 0 Å². The Morgan fingerprint density at radius 3 is 2.63 bits per heavy atom. The summed E-state index contributed by atoms with van der Waals surface area (Å²) in [5.41, 5.74) is 4.75. The number of pyridine rings is 1. The minimum Gasteiger partial charge on any atom is -0.370 e. The van der Waals surface area contributed by atoms with Crippen molar-refractivity contribution in [3.05, 3.63) is 23.9 Å². The van der Waals surface area contributed by atoms with Gasteiger partial charge in [-0.25, -0.2) is 4.98 Å². The molecule has 2 amide bonds. The summed E-state index contributed by atoms with van der Waals surface area (Å²) < 4.78 is 0. The SMILES string of the molecule is CCNc1cccc(C(=O)NC(C)(C)CC(N)=O)n1. The van der Waals surface area contributed by atoms with Gasteiger partial charge in [0.25, 0.3) is 5.91 Å². The van der Waals surface area contributed by atoms with Crippen molar-refractivity contribution in [3.8, 4) is 0 Å². The summed E-state index contributed by atoms with van der Waals surface area (Å²) in [4.78, 5) is 27.1. The second kappa shape index (κ2) is 6.17. The highest BCUT2D eigenvalue weighted by Crippen LogP contribution is 2.10. The summed E-state index contributed by atoms with van der Waals surface area (Å²) >= 11 is 0. The first-order valence-electron chi connectivity index (χ1n) is 6.16. The van der Waals surface area contributed by atoms with Gasteiger partial charge in [0.05, 0.1) is 0 Å². The number of aromatic nitrogens is 1. The van der Waals surface area contributed by atoms with Crippen LogP contribution < -0.4 is 16.4 Å². The van der Waals surface area contributed by atoms with E-state index in [1.165, 1.54) is 0 Å². The number of carbonyl (C=O) groups excluding carboxylic acids is 2. The molecule has 0 aliphatic carbocycles. The molecule has 0 radical (unpaired) electrons. The molecular formula is C13H20N4O2. The van der Waals surface area contributed by atoms with Crippen LogP contribution in [0.4, 0.5) is 5.82 Å². The first-order chi connectivity index (χ1) is 8.84. The lowest BCUT2D eigenvalue weighted by Gasteiger charge is -2.24. The molecule has 19 heavy (non-hydrogen) atoms. The maximum atomic E-state index is 12.0. The fraction of sp³-hybridized carbons (Fsp3) is 0.462. The third-order valence-corrected chi connectivity index (χ3v) is 2.41. The first kappa shape index (κ1) is 14.9. The van der Waals surface area contributed by atoms with Crippen LogP contribution in [0.25, 0.3) is 0 Å². The van der Waals surface area contributed by atoms with Crippen LogP contribution in [-0.2, 0) is 4.79 Å². The molecule has 0 bridgehead atoms. The van der Waals surface area contributed by atoms with Gasteiger partial charge >= 0.3 is 0 Å². The van der Waals surface area contributed by atoms with E-state index in [4.69, 9.17) is 5.73 Å². The number of rotatable bonds is 6. The standard InChI is InChI=1S/C13H20N4O2/c1-4-15-11-7-5-6-9(16-11)12(19)17-13(2,3)8-10(14)18/h5-7H,4,8H2,1-3H3,(H2,14,18)(H,15,16)(H,17,19). The molecule has 6 heteroatoms. The van der Waals surface area contributed by atoms with E-state index in [2.05, 4.69) is 15.6 Å². The molecule has 1 aromatic heterocycles. The van der Waals surface area contributed by atoms with E-state index in [0.29, 0.717) is 11.5 Å². The molecule has 0 saturated carbocycles. The van der Waals surface area contributed by atoms with E-state index in [1.54, 1.807) is 32.0 Å². The summed E-state index contributed by atoms with van der Waals surface area (Å²) in [7, 11) is 0. The summed E-state index contributed by atoms with van der Waals surface area (Å²) in [6, 6.07) is 5.16. The van der Waals surface area contributed by atoms with Gasteiger partial charge in [0, 0.05) is 18.5 Å². The minimum atomic E-state index is -0.696. The summed E-state index contributed by atoms with van der Waals surface area (Å²) in [5.74, 6) is -0.145. The third-order valence-electron chi connectivity index (χ3n) is 2.41. The fourth-order valence-corrected chi connectivity index (χ4v) is 1.69. The van der Waals surface area contributed by atoms with Crippen molar-refractivity contribution in [2.24, 2.45) is 5.73 Å². The zero-order valence-corrected chi connectivity index (χ0v) is 11.5. The predicted octanol–water partition coefficient (Wildman–Crippen LogP) is 0.897. The molecule has 0 spiro atoms. The average molecular weight is 264 g/mol. The molecule has 0 aliphatic heterocycles. The van der Waals surface area contributed by atoms with Gasteiger partial charge in [-0.2, -0.15) is 0 Å². The van der Waals surface area contributed by atoms with Crippen molar-refractivity contribution in [2.75, 3.05) is 11.9 Å². The fourth-order valence-electron chi connectivity index (χ4n) is 1.69. The van der Waals surface area contributed by atoms with Crippen LogP contribution in [0.3, 0.4) is 0 Å². The zero-order valence-electron chi connectivity index (χ0n) is 11.5. The molecule has 4 N–H and O–H groups in total. The number of hydrogen-bond donors (Lipinski definition) is 3. The lowest BCUT2D eigenvalue weighted by atomic mass is 10.00. The van der Waals surface area contributed by atoms with Crippen LogP contribution in [0, 0.1) is 0 Å². The summed E-state index contributed by atoms with van der Waals surface area (Å²) in [6.07, 6.45) is 0.0750. The van der Waals surface area contributed by atoms with Gasteiger partial charge in [0.1, 0.15) is 11.5 Å². The van der Waals surface area contributed by atoms with Crippen molar-refractivity contribution in [3.63, 3.8) is 0 Å². The smallest absolute Gasteiger partial charge is 0.270 e. The van der Waals surface area contributed by atoms with Crippen LogP contribution in [0.15, 0.2) is 18.2 Å². The lowest BCUT2D eigenvalue weighted by molar-refractivity contribution is -0.119. The highest BCUT2D eigenvalue weighted by molar-refractivity contribution is 5.93. The van der Waals surface area contributed by atoms with Crippen molar-refractivity contribution in [2.45, 2.75) is 32.7 Å². The van der Waals surface area contributed by atoms with Crippen LogP contribution in [0.5, 0.6) is 0 Å². The highest BCUT2D eigenvalue weighted by atomic mass is 16.2. The number of anilines is 1. The average Bonchev–Trinajstić information content (AvgIpc) is 2.27. The quantitative estimate of drug-likeness (QED) is 0.711. The second-order valence-corrected chi connectivity index (χ2v) is 4.92. The Morgan fingerprint density at radius 1 is 1.37 bits per heavy atom. The van der Waals surface area contributed by atoms with E-state index >= 15 is 0 Å². The predicted molar refractivity (Wildman–Crippen MR) is 73.8 cm³/mol. The topological polar surface area (TPSA) is 97.1 Å². The van der Waals surface area contributed by atoms with Gasteiger partial charge < -0.3 is 16.4 Å². The summed E-state index contributed by atoms with van der Waals surface area (Å²) in [6.45, 7) is 6.16. The normalized spacial score (nSPS) is 10.9. The monoisotopic (exact) mass is 264 g/mol. The number of nitrogens with one attached hydrogen (secondary N) is 2. The molecule has 1 aromatic rings.